The van der Waals surface area contributed by atoms with Crippen LogP contribution in [0.4, 0.5) is 0 Å². The molecule has 6 heteroatoms. The Morgan fingerprint density at radius 3 is 2.80 bits per heavy atom. The smallest absolute Gasteiger partial charge is 0.349 e. The third-order valence-electron chi connectivity index (χ3n) is 1.69. The number of nitrogens with zero attached hydrogens (tertiary/aromatic N) is 3. The van der Waals surface area contributed by atoms with Crippen LogP contribution in [0.5, 0.6) is 0 Å². The third kappa shape index (κ3) is 1.99. The average Bonchev–Trinajstić information content (AvgIpc) is 2.78. The lowest BCUT2D eigenvalue weighted by atomic mass is 10.3. The first-order chi connectivity index (χ1) is 7.31. The van der Waals surface area contributed by atoms with Gasteiger partial charge in [-0.15, -0.1) is 0 Å². The number of carbonyl (C=O) groups is 1. The van der Waals surface area contributed by atoms with E-state index in [-0.39, 0.29) is 0 Å². The molecule has 0 aliphatic heterocycles. The highest BCUT2D eigenvalue weighted by atomic mass is 32.1. The molecule has 0 amide bonds. The molecule has 0 atom stereocenters. The van der Waals surface area contributed by atoms with Gasteiger partial charge in [-0.25, -0.2) is 14.8 Å². The van der Waals surface area contributed by atoms with E-state index in [9.17, 15) is 4.79 Å². The highest BCUT2D eigenvalue weighted by molar-refractivity contribution is 7.08. The lowest BCUT2D eigenvalue weighted by molar-refractivity contribution is 0.0606. The van der Waals surface area contributed by atoms with Gasteiger partial charge in [0.05, 0.1) is 7.11 Å². The van der Waals surface area contributed by atoms with Crippen molar-refractivity contribution in [3.05, 3.63) is 29.4 Å². The van der Waals surface area contributed by atoms with Crippen molar-refractivity contribution in [1.82, 2.24) is 14.3 Å². The van der Waals surface area contributed by atoms with Crippen LogP contribution in [0.2, 0.25) is 0 Å². The number of hydrogen-bond donors (Lipinski definition) is 0. The van der Waals surface area contributed by atoms with Gasteiger partial charge in [0.1, 0.15) is 10.6 Å². The van der Waals surface area contributed by atoms with Gasteiger partial charge < -0.3 is 4.74 Å². The maximum atomic E-state index is 11.2. The van der Waals surface area contributed by atoms with Crippen molar-refractivity contribution in [2.75, 3.05) is 7.11 Å². The molecule has 0 saturated carbocycles. The molecule has 2 heterocycles. The molecule has 0 N–H and O–H groups in total. The number of hydrogen-bond acceptors (Lipinski definition) is 6. The van der Waals surface area contributed by atoms with Gasteiger partial charge in [0, 0.05) is 12.4 Å². The minimum atomic E-state index is -0.394. The summed E-state index contributed by atoms with van der Waals surface area (Å²) in [6.07, 6.45) is 3.25. The Hall–Kier alpha value is -1.82. The van der Waals surface area contributed by atoms with Crippen LogP contribution in [0.3, 0.4) is 0 Å². The molecule has 0 fully saturated rings. The van der Waals surface area contributed by atoms with Crippen LogP contribution >= 0.6 is 11.5 Å². The van der Waals surface area contributed by atoms with Gasteiger partial charge >= 0.3 is 5.97 Å². The Kier molecular flexibility index (Phi) is 2.68. The molecule has 0 radical (unpaired) electrons. The van der Waals surface area contributed by atoms with Gasteiger partial charge in [0.2, 0.25) is 0 Å². The first-order valence-electron chi connectivity index (χ1n) is 4.13. The van der Waals surface area contributed by atoms with E-state index in [0.717, 1.165) is 11.5 Å². The van der Waals surface area contributed by atoms with Crippen molar-refractivity contribution in [2.24, 2.45) is 0 Å². The zero-order valence-electron chi connectivity index (χ0n) is 7.88. The molecular formula is C9H7N3O2S. The van der Waals surface area contributed by atoms with E-state index < -0.39 is 5.97 Å². The second-order valence-corrected chi connectivity index (χ2v) is 3.45. The Labute approximate surface area is 89.9 Å². The average molecular weight is 221 g/mol. The minimum absolute atomic E-state index is 0.394. The Morgan fingerprint density at radius 1 is 1.40 bits per heavy atom. The SMILES string of the molecule is COC(=O)c1cc(-c2ncccn2)ns1. The van der Waals surface area contributed by atoms with Crippen LogP contribution in [0, 0.1) is 0 Å². The predicted octanol–water partition coefficient (Wildman–Crippen LogP) is 1.39. The molecule has 0 aliphatic carbocycles. The molecule has 2 aromatic rings. The summed E-state index contributed by atoms with van der Waals surface area (Å²) in [7, 11) is 1.33. The van der Waals surface area contributed by atoms with E-state index >= 15 is 0 Å². The molecule has 0 aliphatic rings. The van der Waals surface area contributed by atoms with Crippen molar-refractivity contribution in [1.29, 1.82) is 0 Å². The van der Waals surface area contributed by atoms with Crippen LogP contribution < -0.4 is 0 Å². The van der Waals surface area contributed by atoms with E-state index in [1.165, 1.54) is 7.11 Å². The summed E-state index contributed by atoms with van der Waals surface area (Å²) < 4.78 is 8.65. The highest BCUT2D eigenvalue weighted by Gasteiger charge is 2.12. The quantitative estimate of drug-likeness (QED) is 0.717. The van der Waals surface area contributed by atoms with Gasteiger partial charge in [-0.05, 0) is 23.7 Å². The van der Waals surface area contributed by atoms with Crippen molar-refractivity contribution in [3.8, 4) is 11.5 Å². The topological polar surface area (TPSA) is 65.0 Å². The van der Waals surface area contributed by atoms with Crippen LogP contribution in [0.25, 0.3) is 11.5 Å². The maximum Gasteiger partial charge on any atom is 0.349 e. The van der Waals surface area contributed by atoms with Gasteiger partial charge in [0.15, 0.2) is 5.82 Å². The maximum absolute atomic E-state index is 11.2. The first-order valence-corrected chi connectivity index (χ1v) is 4.91. The van der Waals surface area contributed by atoms with E-state index in [2.05, 4.69) is 19.1 Å². The Morgan fingerprint density at radius 2 is 2.13 bits per heavy atom. The van der Waals surface area contributed by atoms with Crippen LogP contribution in [0.15, 0.2) is 24.5 Å². The second-order valence-electron chi connectivity index (χ2n) is 2.64. The summed E-state index contributed by atoms with van der Waals surface area (Å²) in [4.78, 5) is 19.7. The van der Waals surface area contributed by atoms with Crippen molar-refractivity contribution in [3.63, 3.8) is 0 Å². The third-order valence-corrected chi connectivity index (χ3v) is 2.46. The fraction of sp³-hybridized carbons (Fsp3) is 0.111. The van der Waals surface area contributed by atoms with Crippen molar-refractivity contribution < 1.29 is 9.53 Å². The fourth-order valence-corrected chi connectivity index (χ4v) is 1.66. The minimum Gasteiger partial charge on any atom is -0.465 e. The zero-order valence-corrected chi connectivity index (χ0v) is 8.69. The van der Waals surface area contributed by atoms with E-state index in [1.54, 1.807) is 24.5 Å². The summed E-state index contributed by atoms with van der Waals surface area (Å²) >= 11 is 1.07. The molecule has 0 unspecified atom stereocenters. The number of esters is 1. The Bertz CT molecular complexity index is 469. The van der Waals surface area contributed by atoms with Gasteiger partial charge in [0.25, 0.3) is 0 Å². The predicted molar refractivity (Wildman–Crippen MR) is 54.5 cm³/mol. The molecule has 0 spiro atoms. The molecule has 0 saturated heterocycles. The molecule has 0 bridgehead atoms. The summed E-state index contributed by atoms with van der Waals surface area (Å²) in [5.41, 5.74) is 0.584. The lowest BCUT2D eigenvalue weighted by Gasteiger charge is -1.91. The molecule has 2 rings (SSSR count). The fourth-order valence-electron chi connectivity index (χ4n) is 1.01. The normalized spacial score (nSPS) is 9.93. The summed E-state index contributed by atoms with van der Waals surface area (Å²) in [5, 5.41) is 0. The molecular weight excluding hydrogens is 214 g/mol. The largest absolute Gasteiger partial charge is 0.465 e. The van der Waals surface area contributed by atoms with Crippen molar-refractivity contribution >= 4 is 17.5 Å². The van der Waals surface area contributed by atoms with Gasteiger partial charge in [-0.2, -0.15) is 4.37 Å². The van der Waals surface area contributed by atoms with Crippen LogP contribution in [-0.4, -0.2) is 27.4 Å². The standard InChI is InChI=1S/C9H7N3O2S/c1-14-9(13)7-5-6(12-15-7)8-10-3-2-4-11-8/h2-5H,1H3. The zero-order chi connectivity index (χ0) is 10.7. The van der Waals surface area contributed by atoms with E-state index in [0.29, 0.717) is 16.4 Å². The van der Waals surface area contributed by atoms with E-state index in [1.807, 2.05) is 0 Å². The number of methoxy groups -OCH3 is 1. The monoisotopic (exact) mass is 221 g/mol. The number of rotatable bonds is 2. The molecule has 76 valence electrons. The lowest BCUT2D eigenvalue weighted by Crippen LogP contribution is -1.97. The molecule has 2 aromatic heterocycles. The van der Waals surface area contributed by atoms with Crippen LogP contribution in [0.1, 0.15) is 9.67 Å². The number of aromatic nitrogens is 3. The molecule has 15 heavy (non-hydrogen) atoms. The number of ether oxygens (including phenoxy) is 1. The second kappa shape index (κ2) is 4.14. The first kappa shape index (κ1) is 9.72. The summed E-state index contributed by atoms with van der Waals surface area (Å²) in [5.74, 6) is 0.110. The Balaban J connectivity index is 2.32. The van der Waals surface area contributed by atoms with Gasteiger partial charge in [-0.3, -0.25) is 0 Å². The number of carbonyl (C=O) groups excluding carboxylic acids is 1. The van der Waals surface area contributed by atoms with E-state index in [4.69, 9.17) is 0 Å². The highest BCUT2D eigenvalue weighted by Crippen LogP contribution is 2.18. The molecule has 5 nitrogen and oxygen atoms in total. The van der Waals surface area contributed by atoms with Gasteiger partial charge in [-0.1, -0.05) is 0 Å². The van der Waals surface area contributed by atoms with Crippen molar-refractivity contribution in [2.45, 2.75) is 0 Å². The summed E-state index contributed by atoms with van der Waals surface area (Å²) in [6.45, 7) is 0. The van der Waals surface area contributed by atoms with Crippen LogP contribution in [-0.2, 0) is 4.74 Å². The molecule has 0 aromatic carbocycles. The summed E-state index contributed by atoms with van der Waals surface area (Å²) in [6, 6.07) is 3.34.